The molecule has 0 spiro atoms. The molecule has 0 heterocycles. The van der Waals surface area contributed by atoms with Crippen molar-refractivity contribution in [2.24, 2.45) is 0 Å². The van der Waals surface area contributed by atoms with Gasteiger partial charge in [-0.2, -0.15) is 0 Å². The number of rotatable bonds is 5. The first-order valence-corrected chi connectivity index (χ1v) is 6.48. The second kappa shape index (κ2) is 7.03. The van der Waals surface area contributed by atoms with Crippen molar-refractivity contribution in [1.29, 1.82) is 0 Å². The number of carbonyl (C=O) groups is 2. The molecule has 0 radical (unpaired) electrons. The Morgan fingerprint density at radius 3 is 2.48 bits per heavy atom. The van der Waals surface area contributed by atoms with Crippen molar-refractivity contribution >= 4 is 23.4 Å². The molecule has 0 saturated heterocycles. The number of carbonyl (C=O) groups excluding carboxylic acids is 1. The number of carboxylic acids is 1. The van der Waals surface area contributed by atoms with E-state index < -0.39 is 17.0 Å². The van der Waals surface area contributed by atoms with Crippen molar-refractivity contribution in [1.82, 2.24) is 0 Å². The summed E-state index contributed by atoms with van der Waals surface area (Å²) >= 11 is 0. The number of aliphatic carboxylic acids is 1. The van der Waals surface area contributed by atoms with Gasteiger partial charge in [-0.05, 0) is 29.8 Å². The van der Waals surface area contributed by atoms with Crippen molar-refractivity contribution in [3.8, 4) is 5.75 Å². The number of amides is 1. The molecule has 0 aromatic heterocycles. The fraction of sp³-hybridized carbons (Fsp3) is 0.0667. The van der Waals surface area contributed by atoms with Crippen LogP contribution < -0.4 is 10.1 Å². The lowest BCUT2D eigenvalue weighted by atomic mass is 10.1. The molecular formula is C15H12N2O6. The van der Waals surface area contributed by atoms with Gasteiger partial charge in [-0.3, -0.25) is 20.2 Å². The molecule has 1 amide bonds. The summed E-state index contributed by atoms with van der Waals surface area (Å²) in [5.41, 5.74) is 0.806. The first-order valence-electron chi connectivity index (χ1n) is 6.48. The van der Waals surface area contributed by atoms with Crippen LogP contribution in [0.1, 0.15) is 5.56 Å². The highest BCUT2D eigenvalue weighted by atomic mass is 16.6. The summed E-state index contributed by atoms with van der Waals surface area (Å²) in [4.78, 5) is 32.4. The second-order valence-corrected chi connectivity index (χ2v) is 4.54. The van der Waals surface area contributed by atoms with Gasteiger partial charge in [0.1, 0.15) is 5.75 Å². The molecule has 2 rings (SSSR count). The van der Waals surface area contributed by atoms with Crippen LogP contribution in [0.25, 0.3) is 0 Å². The van der Waals surface area contributed by atoms with E-state index in [4.69, 9.17) is 9.84 Å². The van der Waals surface area contributed by atoms with Crippen LogP contribution in [0.15, 0.2) is 48.5 Å². The van der Waals surface area contributed by atoms with Crippen LogP contribution in [0.5, 0.6) is 5.75 Å². The number of benzene rings is 2. The molecule has 118 valence electrons. The maximum Gasteiger partial charge on any atom is 0.417 e. The van der Waals surface area contributed by atoms with Crippen LogP contribution in [0.4, 0.5) is 16.2 Å². The van der Waals surface area contributed by atoms with Crippen molar-refractivity contribution < 1.29 is 24.4 Å². The fourth-order valence-electron chi connectivity index (χ4n) is 1.82. The number of anilines is 1. The number of hydrogen-bond acceptors (Lipinski definition) is 5. The van der Waals surface area contributed by atoms with E-state index in [0.717, 1.165) is 0 Å². The third kappa shape index (κ3) is 4.81. The number of nitrogens with one attached hydrogen (secondary N) is 1. The van der Waals surface area contributed by atoms with Crippen LogP contribution in [0.3, 0.4) is 0 Å². The summed E-state index contributed by atoms with van der Waals surface area (Å²) in [6.45, 7) is 0. The maximum absolute atomic E-state index is 11.8. The summed E-state index contributed by atoms with van der Waals surface area (Å²) < 4.78 is 4.99. The molecule has 2 aromatic rings. The van der Waals surface area contributed by atoms with Crippen molar-refractivity contribution in [2.75, 3.05) is 5.32 Å². The molecule has 2 N–H and O–H groups in total. The molecule has 8 heteroatoms. The van der Waals surface area contributed by atoms with E-state index in [-0.39, 0.29) is 17.9 Å². The molecule has 0 unspecified atom stereocenters. The minimum absolute atomic E-state index is 0.112. The summed E-state index contributed by atoms with van der Waals surface area (Å²) in [7, 11) is 0. The molecule has 0 saturated carbocycles. The fourth-order valence-corrected chi connectivity index (χ4v) is 1.82. The SMILES string of the molecule is O=C(O)Cc1cccc(NC(=O)Oc2ccc([N+](=O)[O-])cc2)c1. The molecule has 0 bridgehead atoms. The zero-order chi connectivity index (χ0) is 16.8. The maximum atomic E-state index is 11.8. The molecule has 8 nitrogen and oxygen atoms in total. The summed E-state index contributed by atoms with van der Waals surface area (Å²) in [6, 6.07) is 11.4. The average molecular weight is 316 g/mol. The van der Waals surface area contributed by atoms with Gasteiger partial charge in [0.2, 0.25) is 0 Å². The van der Waals surface area contributed by atoms with Crippen LogP contribution in [0.2, 0.25) is 0 Å². The van der Waals surface area contributed by atoms with E-state index in [2.05, 4.69) is 5.32 Å². The van der Waals surface area contributed by atoms with E-state index in [0.29, 0.717) is 11.3 Å². The van der Waals surface area contributed by atoms with E-state index in [9.17, 15) is 19.7 Å². The Bertz CT molecular complexity index is 742. The summed E-state index contributed by atoms with van der Waals surface area (Å²) in [6.07, 6.45) is -0.946. The number of ether oxygens (including phenoxy) is 1. The number of nitro groups is 1. The third-order valence-electron chi connectivity index (χ3n) is 2.79. The van der Waals surface area contributed by atoms with Gasteiger partial charge < -0.3 is 9.84 Å². The Labute approximate surface area is 130 Å². The van der Waals surface area contributed by atoms with Gasteiger partial charge in [0.25, 0.3) is 5.69 Å². The number of non-ortho nitro benzene ring substituents is 1. The standard InChI is InChI=1S/C15H12N2O6/c18-14(19)9-10-2-1-3-11(8-10)16-15(20)23-13-6-4-12(5-7-13)17(21)22/h1-8H,9H2,(H,16,20)(H,18,19). The highest BCUT2D eigenvalue weighted by molar-refractivity contribution is 5.86. The van der Waals surface area contributed by atoms with Gasteiger partial charge in [0, 0.05) is 17.8 Å². The first kappa shape index (κ1) is 16.0. The zero-order valence-electron chi connectivity index (χ0n) is 11.8. The van der Waals surface area contributed by atoms with Gasteiger partial charge in [0.15, 0.2) is 0 Å². The third-order valence-corrected chi connectivity index (χ3v) is 2.79. The highest BCUT2D eigenvalue weighted by Gasteiger charge is 2.09. The van der Waals surface area contributed by atoms with Gasteiger partial charge in [-0.25, -0.2) is 4.79 Å². The molecule has 0 aliphatic heterocycles. The topological polar surface area (TPSA) is 119 Å². The van der Waals surface area contributed by atoms with Gasteiger partial charge >= 0.3 is 12.1 Å². The normalized spacial score (nSPS) is 9.91. The predicted molar refractivity (Wildman–Crippen MR) is 80.5 cm³/mol. The molecule has 0 aliphatic carbocycles. The van der Waals surface area contributed by atoms with Gasteiger partial charge in [-0.15, -0.1) is 0 Å². The number of hydrogen-bond donors (Lipinski definition) is 2. The lowest BCUT2D eigenvalue weighted by Crippen LogP contribution is -2.16. The monoisotopic (exact) mass is 316 g/mol. The summed E-state index contributed by atoms with van der Waals surface area (Å²) in [5.74, 6) is -0.828. The quantitative estimate of drug-likeness (QED) is 0.646. The first-order chi connectivity index (χ1) is 10.9. The minimum Gasteiger partial charge on any atom is -0.481 e. The van der Waals surface area contributed by atoms with Gasteiger partial charge in [0.05, 0.1) is 11.3 Å². The molecule has 0 fully saturated rings. The Balaban J connectivity index is 1.99. The Kier molecular flexibility index (Phi) is 4.88. The van der Waals surface area contributed by atoms with Gasteiger partial charge in [-0.1, -0.05) is 12.1 Å². The van der Waals surface area contributed by atoms with E-state index >= 15 is 0 Å². The molecule has 2 aromatic carbocycles. The van der Waals surface area contributed by atoms with Crippen molar-refractivity contribution in [2.45, 2.75) is 6.42 Å². The highest BCUT2D eigenvalue weighted by Crippen LogP contribution is 2.18. The molecular weight excluding hydrogens is 304 g/mol. The number of nitro benzene ring substituents is 1. The van der Waals surface area contributed by atoms with Crippen LogP contribution in [-0.4, -0.2) is 22.1 Å². The van der Waals surface area contributed by atoms with Crippen molar-refractivity contribution in [3.05, 3.63) is 64.2 Å². The summed E-state index contributed by atoms with van der Waals surface area (Å²) in [5, 5.41) is 21.7. The van der Waals surface area contributed by atoms with E-state index in [1.165, 1.54) is 30.3 Å². The lowest BCUT2D eigenvalue weighted by molar-refractivity contribution is -0.384. The van der Waals surface area contributed by atoms with Crippen LogP contribution in [-0.2, 0) is 11.2 Å². The van der Waals surface area contributed by atoms with E-state index in [1.807, 2.05) is 0 Å². The van der Waals surface area contributed by atoms with E-state index in [1.54, 1.807) is 18.2 Å². The smallest absolute Gasteiger partial charge is 0.417 e. The Morgan fingerprint density at radius 1 is 1.17 bits per heavy atom. The molecule has 0 atom stereocenters. The Morgan fingerprint density at radius 2 is 1.87 bits per heavy atom. The molecule has 0 aliphatic rings. The lowest BCUT2D eigenvalue weighted by Gasteiger charge is -2.07. The minimum atomic E-state index is -0.976. The average Bonchev–Trinajstić information content (AvgIpc) is 2.47. The van der Waals surface area contributed by atoms with Crippen LogP contribution >= 0.6 is 0 Å². The second-order valence-electron chi connectivity index (χ2n) is 4.54. The van der Waals surface area contributed by atoms with Crippen molar-refractivity contribution in [3.63, 3.8) is 0 Å². The Hall–Kier alpha value is -3.42. The molecule has 23 heavy (non-hydrogen) atoms. The van der Waals surface area contributed by atoms with Crippen LogP contribution in [0, 0.1) is 10.1 Å². The zero-order valence-corrected chi connectivity index (χ0v) is 11.8. The number of carboxylic acid groups (broad SMARTS) is 1. The largest absolute Gasteiger partial charge is 0.481 e. The number of nitrogens with zero attached hydrogens (tertiary/aromatic N) is 1. The predicted octanol–water partition coefficient (Wildman–Crippen LogP) is 2.83.